The van der Waals surface area contributed by atoms with Crippen molar-refractivity contribution in [2.24, 2.45) is 0 Å². The number of imide groups is 1. The fourth-order valence-electron chi connectivity index (χ4n) is 3.41. The van der Waals surface area contributed by atoms with Crippen LogP contribution in [0.3, 0.4) is 0 Å². The van der Waals surface area contributed by atoms with E-state index < -0.39 is 23.6 Å². The van der Waals surface area contributed by atoms with Crippen molar-refractivity contribution in [1.29, 1.82) is 0 Å². The summed E-state index contributed by atoms with van der Waals surface area (Å²) in [4.78, 5) is 26.4. The first-order valence-electron chi connectivity index (χ1n) is 9.09. The Bertz CT molecular complexity index is 945. The minimum atomic E-state index is -1.34. The predicted octanol–water partition coefficient (Wildman–Crippen LogP) is 3.82. The molecule has 1 fully saturated rings. The van der Waals surface area contributed by atoms with E-state index in [0.29, 0.717) is 16.3 Å². The van der Waals surface area contributed by atoms with Crippen molar-refractivity contribution in [3.63, 3.8) is 0 Å². The minimum absolute atomic E-state index is 0.0572. The van der Waals surface area contributed by atoms with Crippen LogP contribution in [-0.2, 0) is 10.3 Å². The van der Waals surface area contributed by atoms with Gasteiger partial charge in [0.2, 0.25) is 0 Å². The van der Waals surface area contributed by atoms with E-state index in [0.717, 1.165) is 16.0 Å². The molecule has 0 radical (unpaired) electrons. The smallest absolute Gasteiger partial charge is 0.325 e. The van der Waals surface area contributed by atoms with Crippen LogP contribution in [0.5, 0.6) is 5.75 Å². The third kappa shape index (κ3) is 4.50. The fraction of sp³-hybridized carbons (Fsp3) is 0.333. The average Bonchev–Trinajstić information content (AvgIpc) is 2.83. The fourth-order valence-corrected chi connectivity index (χ4v) is 4.01. The molecule has 0 aromatic heterocycles. The Morgan fingerprint density at radius 2 is 1.79 bits per heavy atom. The first-order chi connectivity index (χ1) is 13.6. The molecule has 0 saturated carbocycles. The van der Waals surface area contributed by atoms with E-state index >= 15 is 0 Å². The number of nitrogens with zero attached hydrogens (tertiary/aromatic N) is 1. The molecule has 2 aromatic carbocycles. The molecule has 1 heterocycles. The van der Waals surface area contributed by atoms with Crippen molar-refractivity contribution in [1.82, 2.24) is 10.2 Å². The lowest BCUT2D eigenvalue weighted by atomic mass is 9.92. The van der Waals surface area contributed by atoms with E-state index in [-0.39, 0.29) is 18.2 Å². The number of hydrogen-bond acceptors (Lipinski definition) is 4. The number of aliphatic hydroxyl groups is 1. The predicted molar refractivity (Wildman–Crippen MR) is 111 cm³/mol. The van der Waals surface area contributed by atoms with E-state index in [2.05, 4.69) is 5.32 Å². The first kappa shape index (κ1) is 21.4. The Kier molecular flexibility index (Phi) is 6.08. The number of hydrogen-bond donors (Lipinski definition) is 2. The molecule has 6 nitrogen and oxygen atoms in total. The molecule has 0 aliphatic carbocycles. The van der Waals surface area contributed by atoms with Crippen LogP contribution < -0.4 is 10.1 Å². The second kappa shape index (κ2) is 8.22. The summed E-state index contributed by atoms with van der Waals surface area (Å²) in [6.07, 6.45) is -1.05. The largest absolute Gasteiger partial charge is 0.491 e. The molecule has 3 rings (SSSR count). The molecule has 154 valence electrons. The molecule has 0 spiro atoms. The highest BCUT2D eigenvalue weighted by atomic mass is 35.5. The molecule has 1 aliphatic heterocycles. The standard InChI is InChI=1S/C21H22Cl2N2O4/c1-12-6-13(2)8-16(7-12)29-11-15(26)10-25-19(27)21(3,24-20(25)28)17-5-4-14(22)9-18(17)23/h4-9,15,26H,10-11H2,1-3H3,(H,24,28). The summed E-state index contributed by atoms with van der Waals surface area (Å²) in [6.45, 7) is 5.22. The molecule has 1 saturated heterocycles. The summed E-state index contributed by atoms with van der Waals surface area (Å²) < 4.78 is 5.62. The van der Waals surface area contributed by atoms with E-state index in [1.807, 2.05) is 32.0 Å². The van der Waals surface area contributed by atoms with Gasteiger partial charge in [0.05, 0.1) is 6.54 Å². The highest BCUT2D eigenvalue weighted by Crippen LogP contribution is 2.35. The summed E-state index contributed by atoms with van der Waals surface area (Å²) in [5.74, 6) is 0.119. The zero-order valence-electron chi connectivity index (χ0n) is 16.3. The van der Waals surface area contributed by atoms with Crippen LogP contribution >= 0.6 is 23.2 Å². The third-order valence-electron chi connectivity index (χ3n) is 4.78. The van der Waals surface area contributed by atoms with Gasteiger partial charge in [-0.25, -0.2) is 4.79 Å². The number of rotatable bonds is 6. The third-order valence-corrected chi connectivity index (χ3v) is 5.32. The van der Waals surface area contributed by atoms with Crippen LogP contribution in [0.15, 0.2) is 36.4 Å². The molecular formula is C21H22Cl2N2O4. The molecule has 0 bridgehead atoms. The van der Waals surface area contributed by atoms with Crippen molar-refractivity contribution < 1.29 is 19.4 Å². The first-order valence-corrected chi connectivity index (χ1v) is 9.84. The Hall–Kier alpha value is -2.28. The number of aliphatic hydroxyl groups excluding tert-OH is 1. The van der Waals surface area contributed by atoms with Gasteiger partial charge in [0.1, 0.15) is 24.0 Å². The minimum Gasteiger partial charge on any atom is -0.491 e. The summed E-state index contributed by atoms with van der Waals surface area (Å²) in [7, 11) is 0. The molecule has 2 unspecified atom stereocenters. The molecule has 1 aliphatic rings. The summed E-state index contributed by atoms with van der Waals surface area (Å²) in [5.41, 5.74) is 1.18. The summed E-state index contributed by atoms with van der Waals surface area (Å²) in [5, 5.41) is 13.7. The normalized spacial score (nSPS) is 20.0. The molecule has 2 atom stereocenters. The van der Waals surface area contributed by atoms with Gasteiger partial charge in [-0.1, -0.05) is 35.3 Å². The van der Waals surface area contributed by atoms with Gasteiger partial charge in [-0.2, -0.15) is 0 Å². The number of β-amino-alcohol motifs (C(OH)–C–C–N with tert-alkyl or cyclic N) is 1. The number of halogens is 2. The van der Waals surface area contributed by atoms with Crippen molar-refractivity contribution >= 4 is 35.1 Å². The van der Waals surface area contributed by atoms with Gasteiger partial charge < -0.3 is 15.2 Å². The van der Waals surface area contributed by atoms with Crippen molar-refractivity contribution in [3.05, 3.63) is 63.1 Å². The van der Waals surface area contributed by atoms with Crippen molar-refractivity contribution in [3.8, 4) is 5.75 Å². The number of amides is 3. The Balaban J connectivity index is 1.69. The van der Waals surface area contributed by atoms with Gasteiger partial charge >= 0.3 is 6.03 Å². The van der Waals surface area contributed by atoms with Crippen LogP contribution in [0.1, 0.15) is 23.6 Å². The quantitative estimate of drug-likeness (QED) is 0.674. The number of aryl methyl sites for hydroxylation is 2. The second-order valence-corrected chi connectivity index (χ2v) is 8.23. The number of carbonyl (C=O) groups excluding carboxylic acids is 2. The number of nitrogens with one attached hydrogen (secondary N) is 1. The SMILES string of the molecule is Cc1cc(C)cc(OCC(O)CN2C(=O)NC(C)(c3ccc(Cl)cc3Cl)C2=O)c1. The van der Waals surface area contributed by atoms with Gasteiger partial charge in [-0.15, -0.1) is 0 Å². The monoisotopic (exact) mass is 436 g/mol. The lowest BCUT2D eigenvalue weighted by Crippen LogP contribution is -2.43. The zero-order chi connectivity index (χ0) is 21.3. The zero-order valence-corrected chi connectivity index (χ0v) is 17.8. The molecule has 3 amide bonds. The Morgan fingerprint density at radius 1 is 1.14 bits per heavy atom. The maximum absolute atomic E-state index is 13.0. The average molecular weight is 437 g/mol. The van der Waals surface area contributed by atoms with Gasteiger partial charge in [0.25, 0.3) is 5.91 Å². The van der Waals surface area contributed by atoms with E-state index in [1.54, 1.807) is 19.1 Å². The highest BCUT2D eigenvalue weighted by Gasteiger charge is 2.50. The molecule has 29 heavy (non-hydrogen) atoms. The number of urea groups is 1. The molecule has 8 heteroatoms. The highest BCUT2D eigenvalue weighted by molar-refractivity contribution is 6.35. The maximum atomic E-state index is 13.0. The van der Waals surface area contributed by atoms with E-state index in [1.165, 1.54) is 6.07 Å². The maximum Gasteiger partial charge on any atom is 0.325 e. The van der Waals surface area contributed by atoms with Crippen LogP contribution in [0.25, 0.3) is 0 Å². The van der Waals surface area contributed by atoms with E-state index in [4.69, 9.17) is 27.9 Å². The van der Waals surface area contributed by atoms with Gasteiger partial charge in [0, 0.05) is 15.6 Å². The number of carbonyl (C=O) groups is 2. The second-order valence-electron chi connectivity index (χ2n) is 7.38. The Labute approximate surface area is 179 Å². The van der Waals surface area contributed by atoms with Crippen molar-refractivity contribution in [2.45, 2.75) is 32.4 Å². The lowest BCUT2D eigenvalue weighted by Gasteiger charge is -2.24. The van der Waals surface area contributed by atoms with Crippen LogP contribution in [-0.4, -0.2) is 41.2 Å². The molecule has 2 aromatic rings. The molecular weight excluding hydrogens is 415 g/mol. The number of benzene rings is 2. The summed E-state index contributed by atoms with van der Waals surface area (Å²) in [6, 6.07) is 9.83. The van der Waals surface area contributed by atoms with Gasteiger partial charge in [-0.05, 0) is 56.2 Å². The molecule has 2 N–H and O–H groups in total. The van der Waals surface area contributed by atoms with Crippen molar-refractivity contribution in [2.75, 3.05) is 13.2 Å². The van der Waals surface area contributed by atoms with E-state index in [9.17, 15) is 14.7 Å². The topological polar surface area (TPSA) is 78.9 Å². The summed E-state index contributed by atoms with van der Waals surface area (Å²) >= 11 is 12.2. The van der Waals surface area contributed by atoms with Crippen LogP contribution in [0.4, 0.5) is 4.79 Å². The van der Waals surface area contributed by atoms with Gasteiger partial charge in [-0.3, -0.25) is 9.69 Å². The van der Waals surface area contributed by atoms with Crippen LogP contribution in [0.2, 0.25) is 10.0 Å². The lowest BCUT2D eigenvalue weighted by molar-refractivity contribution is -0.132. The van der Waals surface area contributed by atoms with Crippen LogP contribution in [0, 0.1) is 13.8 Å². The number of ether oxygens (including phenoxy) is 1. The van der Waals surface area contributed by atoms with Gasteiger partial charge in [0.15, 0.2) is 0 Å². The Morgan fingerprint density at radius 3 is 2.41 bits per heavy atom.